The van der Waals surface area contributed by atoms with Crippen molar-refractivity contribution in [2.75, 3.05) is 13.2 Å². The summed E-state index contributed by atoms with van der Waals surface area (Å²) >= 11 is 0. The molecule has 0 radical (unpaired) electrons. The summed E-state index contributed by atoms with van der Waals surface area (Å²) in [6.45, 7) is 4.40. The lowest BCUT2D eigenvalue weighted by Crippen LogP contribution is -2.30. The van der Waals surface area contributed by atoms with Gasteiger partial charge in [0.25, 0.3) is 0 Å². The summed E-state index contributed by atoms with van der Waals surface area (Å²) in [5.41, 5.74) is 5.50. The number of rotatable bonds is 6. The molecule has 0 aromatic rings. The molecule has 0 spiro atoms. The Labute approximate surface area is 79.5 Å². The Balaban J connectivity index is 3.40. The van der Waals surface area contributed by atoms with E-state index in [0.29, 0.717) is 19.4 Å². The minimum Gasteiger partial charge on any atom is -0.396 e. The van der Waals surface area contributed by atoms with Crippen LogP contribution in [0.25, 0.3) is 0 Å². The number of aliphatic hydroxyl groups is 1. The van der Waals surface area contributed by atoms with E-state index in [1.54, 1.807) is 0 Å². The summed E-state index contributed by atoms with van der Waals surface area (Å²) in [5, 5.41) is 11.4. The summed E-state index contributed by atoms with van der Waals surface area (Å²) in [7, 11) is 0. The molecule has 4 heteroatoms. The number of aliphatic hydroxyl groups excluding tert-OH is 1. The number of hydrogen-bond acceptors (Lipinski definition) is 3. The van der Waals surface area contributed by atoms with Crippen molar-refractivity contribution in [2.45, 2.75) is 32.7 Å². The fraction of sp³-hybridized carbons (Fsp3) is 0.889. The molecule has 0 aromatic carbocycles. The number of carbonyl (C=O) groups is 1. The van der Waals surface area contributed by atoms with Crippen molar-refractivity contribution >= 4 is 5.91 Å². The van der Waals surface area contributed by atoms with Crippen LogP contribution in [0.2, 0.25) is 0 Å². The standard InChI is InChI=1S/C9H20N2O2/c1-7(6-12)5-11-9(13)4-3-8(2)10/h7-8,12H,3-6,10H2,1-2H3,(H,11,13). The second-order valence-electron chi connectivity index (χ2n) is 3.61. The Morgan fingerprint density at radius 3 is 2.62 bits per heavy atom. The lowest BCUT2D eigenvalue weighted by molar-refractivity contribution is -0.121. The van der Waals surface area contributed by atoms with Crippen LogP contribution >= 0.6 is 0 Å². The van der Waals surface area contributed by atoms with Crippen LogP contribution in [0.1, 0.15) is 26.7 Å². The molecule has 0 aliphatic rings. The van der Waals surface area contributed by atoms with Crippen LogP contribution in [0.5, 0.6) is 0 Å². The van der Waals surface area contributed by atoms with Gasteiger partial charge in [0, 0.05) is 25.6 Å². The molecular formula is C9H20N2O2. The fourth-order valence-electron chi connectivity index (χ4n) is 0.800. The zero-order chi connectivity index (χ0) is 10.3. The number of amides is 1. The summed E-state index contributed by atoms with van der Waals surface area (Å²) in [5.74, 6) is 0.136. The summed E-state index contributed by atoms with van der Waals surface area (Å²) in [6, 6.07) is 0.0704. The van der Waals surface area contributed by atoms with Crippen molar-refractivity contribution in [1.29, 1.82) is 0 Å². The lowest BCUT2D eigenvalue weighted by atomic mass is 10.1. The highest BCUT2D eigenvalue weighted by Crippen LogP contribution is 1.94. The predicted octanol–water partition coefficient (Wildman–Crippen LogP) is -0.142. The van der Waals surface area contributed by atoms with Crippen LogP contribution in [0.15, 0.2) is 0 Å². The highest BCUT2D eigenvalue weighted by molar-refractivity contribution is 5.75. The molecule has 0 aromatic heterocycles. The smallest absolute Gasteiger partial charge is 0.220 e. The molecule has 2 atom stereocenters. The van der Waals surface area contributed by atoms with Crippen LogP contribution in [0.4, 0.5) is 0 Å². The average Bonchev–Trinajstić information content (AvgIpc) is 2.10. The first-order chi connectivity index (χ1) is 6.06. The first kappa shape index (κ1) is 12.4. The first-order valence-corrected chi connectivity index (χ1v) is 4.69. The fourth-order valence-corrected chi connectivity index (χ4v) is 0.800. The van der Waals surface area contributed by atoms with E-state index in [1.165, 1.54) is 0 Å². The number of carbonyl (C=O) groups excluding carboxylic acids is 1. The van der Waals surface area contributed by atoms with E-state index in [9.17, 15) is 4.79 Å². The van der Waals surface area contributed by atoms with Crippen molar-refractivity contribution < 1.29 is 9.90 Å². The highest BCUT2D eigenvalue weighted by Gasteiger charge is 2.05. The predicted molar refractivity (Wildman–Crippen MR) is 52.1 cm³/mol. The van der Waals surface area contributed by atoms with E-state index in [4.69, 9.17) is 10.8 Å². The van der Waals surface area contributed by atoms with Gasteiger partial charge < -0.3 is 16.2 Å². The summed E-state index contributed by atoms with van der Waals surface area (Å²) in [6.07, 6.45) is 1.18. The SMILES string of the molecule is CC(N)CCC(=O)NCC(C)CO. The Kier molecular flexibility index (Phi) is 6.54. The van der Waals surface area contributed by atoms with Gasteiger partial charge in [-0.15, -0.1) is 0 Å². The van der Waals surface area contributed by atoms with Crippen molar-refractivity contribution in [1.82, 2.24) is 5.32 Å². The maximum Gasteiger partial charge on any atom is 0.220 e. The summed E-state index contributed by atoms with van der Waals surface area (Å²) < 4.78 is 0. The zero-order valence-corrected chi connectivity index (χ0v) is 8.42. The molecule has 0 rings (SSSR count). The van der Waals surface area contributed by atoms with E-state index in [-0.39, 0.29) is 24.5 Å². The number of hydrogen-bond donors (Lipinski definition) is 3. The van der Waals surface area contributed by atoms with Gasteiger partial charge in [0.1, 0.15) is 0 Å². The second-order valence-corrected chi connectivity index (χ2v) is 3.61. The zero-order valence-electron chi connectivity index (χ0n) is 8.42. The normalized spacial score (nSPS) is 15.1. The molecule has 0 fully saturated rings. The molecule has 13 heavy (non-hydrogen) atoms. The van der Waals surface area contributed by atoms with Crippen molar-refractivity contribution in [3.05, 3.63) is 0 Å². The summed E-state index contributed by atoms with van der Waals surface area (Å²) in [4.78, 5) is 11.1. The van der Waals surface area contributed by atoms with Crippen LogP contribution < -0.4 is 11.1 Å². The molecule has 1 amide bonds. The van der Waals surface area contributed by atoms with Gasteiger partial charge in [0.05, 0.1) is 0 Å². The molecule has 0 aliphatic carbocycles. The topological polar surface area (TPSA) is 75.4 Å². The largest absolute Gasteiger partial charge is 0.396 e. The Morgan fingerprint density at radius 1 is 1.54 bits per heavy atom. The maximum atomic E-state index is 11.1. The van der Waals surface area contributed by atoms with E-state index in [0.717, 1.165) is 0 Å². The van der Waals surface area contributed by atoms with Gasteiger partial charge in [-0.25, -0.2) is 0 Å². The Morgan fingerprint density at radius 2 is 2.15 bits per heavy atom. The molecule has 0 saturated heterocycles. The van der Waals surface area contributed by atoms with Crippen molar-refractivity contribution in [3.63, 3.8) is 0 Å². The molecule has 4 N–H and O–H groups in total. The monoisotopic (exact) mass is 188 g/mol. The van der Waals surface area contributed by atoms with Gasteiger partial charge in [-0.05, 0) is 19.3 Å². The Hall–Kier alpha value is -0.610. The van der Waals surface area contributed by atoms with Crippen LogP contribution in [0, 0.1) is 5.92 Å². The highest BCUT2D eigenvalue weighted by atomic mass is 16.3. The van der Waals surface area contributed by atoms with Crippen LogP contribution in [-0.2, 0) is 4.79 Å². The van der Waals surface area contributed by atoms with Gasteiger partial charge in [0.2, 0.25) is 5.91 Å². The molecule has 0 aliphatic heterocycles. The molecule has 0 saturated carbocycles. The molecule has 4 nitrogen and oxygen atoms in total. The third-order valence-corrected chi connectivity index (χ3v) is 1.79. The quantitative estimate of drug-likeness (QED) is 0.543. The molecule has 78 valence electrons. The first-order valence-electron chi connectivity index (χ1n) is 4.69. The minimum atomic E-state index is 0.0117. The molecule has 0 bridgehead atoms. The van der Waals surface area contributed by atoms with Gasteiger partial charge in [-0.2, -0.15) is 0 Å². The number of nitrogens with one attached hydrogen (secondary N) is 1. The van der Waals surface area contributed by atoms with E-state index >= 15 is 0 Å². The third kappa shape index (κ3) is 7.74. The van der Waals surface area contributed by atoms with Crippen molar-refractivity contribution in [3.8, 4) is 0 Å². The van der Waals surface area contributed by atoms with E-state index < -0.39 is 0 Å². The van der Waals surface area contributed by atoms with Crippen LogP contribution in [-0.4, -0.2) is 30.2 Å². The van der Waals surface area contributed by atoms with Crippen LogP contribution in [0.3, 0.4) is 0 Å². The lowest BCUT2D eigenvalue weighted by Gasteiger charge is -2.10. The van der Waals surface area contributed by atoms with E-state index in [2.05, 4.69) is 5.32 Å². The average molecular weight is 188 g/mol. The third-order valence-electron chi connectivity index (χ3n) is 1.79. The minimum absolute atomic E-state index is 0.0117. The van der Waals surface area contributed by atoms with Gasteiger partial charge in [0.15, 0.2) is 0 Å². The van der Waals surface area contributed by atoms with E-state index in [1.807, 2.05) is 13.8 Å². The maximum absolute atomic E-state index is 11.1. The number of nitrogens with two attached hydrogens (primary N) is 1. The molecular weight excluding hydrogens is 168 g/mol. The second kappa shape index (κ2) is 6.86. The molecule has 0 heterocycles. The van der Waals surface area contributed by atoms with Gasteiger partial charge in [-0.1, -0.05) is 6.92 Å². The molecule has 2 unspecified atom stereocenters. The van der Waals surface area contributed by atoms with Gasteiger partial charge in [-0.3, -0.25) is 4.79 Å². The van der Waals surface area contributed by atoms with Gasteiger partial charge >= 0.3 is 0 Å². The van der Waals surface area contributed by atoms with Crippen molar-refractivity contribution in [2.24, 2.45) is 11.7 Å². The Bertz CT molecular complexity index is 149.